The molecule has 4 rings (SSSR count). The highest BCUT2D eigenvalue weighted by atomic mass is 16.2. The number of likely N-dealkylation sites (tertiary alicyclic amines) is 1. The van der Waals surface area contributed by atoms with Gasteiger partial charge in [-0.2, -0.15) is 0 Å². The standard InChI is InChI=1S/C23H32N4O/c1-18-17-25-22(20-7-12-24-13-8-20)27(18)16-11-19-9-14-26(15-10-19)23(28)21-5-3-2-4-6-21/h7-8,12-13,17,19,21H,2-6,9-11,14-16H2,1H3. The minimum atomic E-state index is 0.307. The van der Waals surface area contributed by atoms with E-state index in [2.05, 4.69) is 26.4 Å². The molecule has 0 unspecified atom stereocenters. The molecule has 0 N–H and O–H groups in total. The lowest BCUT2D eigenvalue weighted by Crippen LogP contribution is -2.42. The molecule has 2 aromatic heterocycles. The van der Waals surface area contributed by atoms with Crippen LogP contribution in [0.5, 0.6) is 0 Å². The van der Waals surface area contributed by atoms with Crippen molar-refractivity contribution >= 4 is 5.91 Å². The summed E-state index contributed by atoms with van der Waals surface area (Å²) in [5.74, 6) is 2.47. The molecular formula is C23H32N4O. The van der Waals surface area contributed by atoms with Crippen molar-refractivity contribution in [3.05, 3.63) is 36.4 Å². The molecule has 0 aromatic carbocycles. The van der Waals surface area contributed by atoms with Gasteiger partial charge in [0.1, 0.15) is 5.82 Å². The summed E-state index contributed by atoms with van der Waals surface area (Å²) in [6.07, 6.45) is 15.0. The minimum absolute atomic E-state index is 0.307. The second-order valence-electron chi connectivity index (χ2n) is 8.50. The van der Waals surface area contributed by atoms with Gasteiger partial charge in [0.25, 0.3) is 0 Å². The molecule has 2 fully saturated rings. The van der Waals surface area contributed by atoms with E-state index in [4.69, 9.17) is 0 Å². The van der Waals surface area contributed by atoms with Gasteiger partial charge in [-0.25, -0.2) is 4.98 Å². The average molecular weight is 381 g/mol. The molecular weight excluding hydrogens is 348 g/mol. The lowest BCUT2D eigenvalue weighted by Gasteiger charge is -2.35. The summed E-state index contributed by atoms with van der Waals surface area (Å²) in [7, 11) is 0. The Morgan fingerprint density at radius 2 is 1.79 bits per heavy atom. The lowest BCUT2D eigenvalue weighted by atomic mass is 9.87. The van der Waals surface area contributed by atoms with Crippen LogP contribution in [0.2, 0.25) is 0 Å². The Bertz CT molecular complexity index is 771. The monoisotopic (exact) mass is 380 g/mol. The zero-order chi connectivity index (χ0) is 19.3. The van der Waals surface area contributed by atoms with Gasteiger partial charge in [-0.15, -0.1) is 0 Å². The summed E-state index contributed by atoms with van der Waals surface area (Å²) < 4.78 is 2.33. The number of carbonyl (C=O) groups is 1. The number of amides is 1. The topological polar surface area (TPSA) is 51.0 Å². The predicted molar refractivity (Wildman–Crippen MR) is 111 cm³/mol. The number of hydrogen-bond acceptors (Lipinski definition) is 3. The normalized spacial score (nSPS) is 19.1. The van der Waals surface area contributed by atoms with E-state index in [1.54, 1.807) is 0 Å². The summed E-state index contributed by atoms with van der Waals surface area (Å²) in [5, 5.41) is 0. The molecule has 2 aromatic rings. The molecule has 1 aliphatic carbocycles. The summed E-state index contributed by atoms with van der Waals surface area (Å²) in [4.78, 5) is 23.6. The summed E-state index contributed by atoms with van der Waals surface area (Å²) in [5.41, 5.74) is 2.33. The molecule has 1 saturated carbocycles. The van der Waals surface area contributed by atoms with Crippen LogP contribution in [0.25, 0.3) is 11.4 Å². The number of pyridine rings is 1. The fraction of sp³-hybridized carbons (Fsp3) is 0.609. The van der Waals surface area contributed by atoms with Crippen molar-refractivity contribution in [1.82, 2.24) is 19.4 Å². The third-order valence-electron chi connectivity index (χ3n) is 6.64. The highest BCUT2D eigenvalue weighted by molar-refractivity contribution is 5.79. The van der Waals surface area contributed by atoms with Crippen molar-refractivity contribution in [2.45, 2.75) is 64.8 Å². The van der Waals surface area contributed by atoms with Crippen LogP contribution in [-0.2, 0) is 11.3 Å². The summed E-state index contributed by atoms with van der Waals surface area (Å²) in [6.45, 7) is 5.01. The molecule has 0 bridgehead atoms. The summed E-state index contributed by atoms with van der Waals surface area (Å²) in [6, 6.07) is 4.04. The number of aromatic nitrogens is 3. The Hall–Kier alpha value is -2.17. The first-order valence-electron chi connectivity index (χ1n) is 10.9. The van der Waals surface area contributed by atoms with E-state index in [-0.39, 0.29) is 0 Å². The van der Waals surface area contributed by atoms with Crippen LogP contribution in [0.4, 0.5) is 0 Å². The molecule has 5 nitrogen and oxygen atoms in total. The number of imidazole rings is 1. The van der Waals surface area contributed by atoms with E-state index in [9.17, 15) is 4.79 Å². The van der Waals surface area contributed by atoms with Crippen molar-refractivity contribution in [2.75, 3.05) is 13.1 Å². The SMILES string of the molecule is Cc1cnc(-c2ccncc2)n1CCC1CCN(C(=O)C2CCCCC2)CC1. The van der Waals surface area contributed by atoms with Crippen LogP contribution in [0.15, 0.2) is 30.7 Å². The maximum atomic E-state index is 12.8. The van der Waals surface area contributed by atoms with Crippen molar-refractivity contribution in [3.63, 3.8) is 0 Å². The minimum Gasteiger partial charge on any atom is -0.342 e. The first-order chi connectivity index (χ1) is 13.7. The zero-order valence-corrected chi connectivity index (χ0v) is 17.0. The maximum absolute atomic E-state index is 12.8. The lowest BCUT2D eigenvalue weighted by molar-refractivity contribution is -0.138. The second-order valence-corrected chi connectivity index (χ2v) is 8.50. The third-order valence-corrected chi connectivity index (χ3v) is 6.64. The van der Waals surface area contributed by atoms with Crippen molar-refractivity contribution in [3.8, 4) is 11.4 Å². The van der Waals surface area contributed by atoms with Crippen molar-refractivity contribution in [2.24, 2.45) is 11.8 Å². The van der Waals surface area contributed by atoms with Gasteiger partial charge in [-0.05, 0) is 57.1 Å². The van der Waals surface area contributed by atoms with Gasteiger partial charge in [0.2, 0.25) is 5.91 Å². The van der Waals surface area contributed by atoms with E-state index in [0.29, 0.717) is 17.7 Å². The molecule has 28 heavy (non-hydrogen) atoms. The Morgan fingerprint density at radius 1 is 1.07 bits per heavy atom. The van der Waals surface area contributed by atoms with Crippen LogP contribution in [0.3, 0.4) is 0 Å². The fourth-order valence-electron chi connectivity index (χ4n) is 4.84. The molecule has 2 aliphatic rings. The van der Waals surface area contributed by atoms with Crippen LogP contribution in [0.1, 0.15) is 57.1 Å². The molecule has 0 radical (unpaired) electrons. The first-order valence-corrected chi connectivity index (χ1v) is 10.9. The Morgan fingerprint density at radius 3 is 2.50 bits per heavy atom. The van der Waals surface area contributed by atoms with Gasteiger partial charge in [0, 0.05) is 55.4 Å². The van der Waals surface area contributed by atoms with Gasteiger partial charge < -0.3 is 9.47 Å². The molecule has 1 saturated heterocycles. The Labute approximate surface area is 168 Å². The zero-order valence-electron chi connectivity index (χ0n) is 17.0. The third kappa shape index (κ3) is 4.29. The Kier molecular flexibility index (Phi) is 6.08. The van der Waals surface area contributed by atoms with E-state index >= 15 is 0 Å². The Balaban J connectivity index is 1.30. The molecule has 5 heteroatoms. The van der Waals surface area contributed by atoms with E-state index < -0.39 is 0 Å². The van der Waals surface area contributed by atoms with Crippen LogP contribution >= 0.6 is 0 Å². The smallest absolute Gasteiger partial charge is 0.225 e. The number of piperidine rings is 1. The number of carbonyl (C=O) groups excluding carboxylic acids is 1. The molecule has 0 atom stereocenters. The van der Waals surface area contributed by atoms with E-state index in [0.717, 1.165) is 63.1 Å². The van der Waals surface area contributed by atoms with Gasteiger partial charge >= 0.3 is 0 Å². The van der Waals surface area contributed by atoms with Crippen LogP contribution in [-0.4, -0.2) is 38.4 Å². The molecule has 1 amide bonds. The van der Waals surface area contributed by atoms with Crippen molar-refractivity contribution < 1.29 is 4.79 Å². The van der Waals surface area contributed by atoms with Crippen LogP contribution in [0, 0.1) is 18.8 Å². The van der Waals surface area contributed by atoms with Gasteiger partial charge in [-0.1, -0.05) is 19.3 Å². The van der Waals surface area contributed by atoms with Gasteiger partial charge in [0.05, 0.1) is 0 Å². The number of rotatable bonds is 5. The number of nitrogens with zero attached hydrogens (tertiary/aromatic N) is 4. The van der Waals surface area contributed by atoms with Gasteiger partial charge in [-0.3, -0.25) is 9.78 Å². The predicted octanol–water partition coefficient (Wildman–Crippen LogP) is 4.46. The number of aryl methyl sites for hydroxylation is 1. The fourth-order valence-corrected chi connectivity index (χ4v) is 4.84. The molecule has 3 heterocycles. The molecule has 150 valence electrons. The molecule has 1 aliphatic heterocycles. The van der Waals surface area contributed by atoms with Crippen molar-refractivity contribution in [1.29, 1.82) is 0 Å². The second kappa shape index (κ2) is 8.89. The van der Waals surface area contributed by atoms with Crippen LogP contribution < -0.4 is 0 Å². The highest BCUT2D eigenvalue weighted by Crippen LogP contribution is 2.29. The molecule has 0 spiro atoms. The summed E-state index contributed by atoms with van der Waals surface area (Å²) >= 11 is 0. The first kappa shape index (κ1) is 19.2. The highest BCUT2D eigenvalue weighted by Gasteiger charge is 2.29. The quantitative estimate of drug-likeness (QED) is 0.769. The van der Waals surface area contributed by atoms with Gasteiger partial charge in [0.15, 0.2) is 0 Å². The largest absolute Gasteiger partial charge is 0.342 e. The average Bonchev–Trinajstić information content (AvgIpc) is 3.13. The number of hydrogen-bond donors (Lipinski definition) is 0. The van der Waals surface area contributed by atoms with E-state index in [1.807, 2.05) is 30.7 Å². The van der Waals surface area contributed by atoms with E-state index in [1.165, 1.54) is 25.0 Å². The maximum Gasteiger partial charge on any atom is 0.225 e.